The first-order chi connectivity index (χ1) is 16.9. The van der Waals surface area contributed by atoms with E-state index in [1.54, 1.807) is 42.7 Å². The van der Waals surface area contributed by atoms with E-state index in [2.05, 4.69) is 11.9 Å². The van der Waals surface area contributed by atoms with Crippen molar-refractivity contribution in [2.24, 2.45) is 0 Å². The van der Waals surface area contributed by atoms with Crippen molar-refractivity contribution >= 4 is 17.4 Å². The smallest absolute Gasteiger partial charge is 0.295 e. The molecule has 4 rings (SSSR count). The first-order valence-electron chi connectivity index (χ1n) is 11.6. The molecule has 1 fully saturated rings. The van der Waals surface area contributed by atoms with Gasteiger partial charge in [0.2, 0.25) is 0 Å². The SMILES string of the molecule is CCCCOc1ccc(/C(O)=C2\C(=O)C(=O)N(Cc3cccnc3)C2c2ccc(O)cc2)c(C)c1. The fourth-order valence-corrected chi connectivity index (χ4v) is 4.21. The van der Waals surface area contributed by atoms with Crippen LogP contribution in [0.3, 0.4) is 0 Å². The molecule has 0 radical (unpaired) electrons. The number of phenolic OH excluding ortho intramolecular Hbond substituents is 1. The second kappa shape index (κ2) is 10.4. The van der Waals surface area contributed by atoms with Gasteiger partial charge in [-0.1, -0.05) is 31.5 Å². The molecule has 1 aliphatic rings. The minimum absolute atomic E-state index is 0.00679. The monoisotopic (exact) mass is 472 g/mol. The molecular formula is C28H28N2O5. The number of aliphatic hydroxyl groups is 1. The topological polar surface area (TPSA) is 100.0 Å². The second-order valence-electron chi connectivity index (χ2n) is 8.56. The molecule has 2 aromatic carbocycles. The molecule has 1 aromatic heterocycles. The number of benzene rings is 2. The lowest BCUT2D eigenvalue weighted by atomic mass is 9.93. The molecule has 35 heavy (non-hydrogen) atoms. The van der Waals surface area contributed by atoms with Gasteiger partial charge in [0.05, 0.1) is 18.2 Å². The zero-order chi connectivity index (χ0) is 24.9. The summed E-state index contributed by atoms with van der Waals surface area (Å²) in [6.07, 6.45) is 5.23. The third-order valence-corrected chi connectivity index (χ3v) is 6.04. The number of aromatic nitrogens is 1. The minimum Gasteiger partial charge on any atom is -0.508 e. The van der Waals surface area contributed by atoms with Crippen molar-refractivity contribution in [1.82, 2.24) is 9.88 Å². The molecule has 1 atom stereocenters. The van der Waals surface area contributed by atoms with E-state index < -0.39 is 17.7 Å². The maximum absolute atomic E-state index is 13.2. The van der Waals surface area contributed by atoms with Gasteiger partial charge >= 0.3 is 0 Å². The molecule has 0 bridgehead atoms. The largest absolute Gasteiger partial charge is 0.508 e. The molecule has 0 aliphatic carbocycles. The zero-order valence-electron chi connectivity index (χ0n) is 19.8. The molecule has 0 spiro atoms. The van der Waals surface area contributed by atoms with Crippen molar-refractivity contribution in [3.8, 4) is 11.5 Å². The molecule has 2 N–H and O–H groups in total. The Morgan fingerprint density at radius 2 is 1.89 bits per heavy atom. The van der Waals surface area contributed by atoms with Gasteiger partial charge in [-0.25, -0.2) is 0 Å². The highest BCUT2D eigenvalue weighted by atomic mass is 16.5. The normalized spacial score (nSPS) is 17.1. The summed E-state index contributed by atoms with van der Waals surface area (Å²) in [5.41, 5.74) is 2.54. The van der Waals surface area contributed by atoms with Crippen molar-refractivity contribution in [3.63, 3.8) is 0 Å². The van der Waals surface area contributed by atoms with E-state index in [1.165, 1.54) is 17.0 Å². The van der Waals surface area contributed by atoms with Crippen molar-refractivity contribution in [2.75, 3.05) is 6.61 Å². The first kappa shape index (κ1) is 24.0. The van der Waals surface area contributed by atoms with E-state index in [1.807, 2.05) is 19.1 Å². The van der Waals surface area contributed by atoms with Crippen LogP contribution in [-0.2, 0) is 16.1 Å². The van der Waals surface area contributed by atoms with Gasteiger partial charge in [-0.3, -0.25) is 14.6 Å². The van der Waals surface area contributed by atoms with Crippen LogP contribution in [0, 0.1) is 6.92 Å². The van der Waals surface area contributed by atoms with E-state index in [9.17, 15) is 19.8 Å². The number of hydrogen-bond acceptors (Lipinski definition) is 6. The summed E-state index contributed by atoms with van der Waals surface area (Å²) in [4.78, 5) is 31.9. The number of phenols is 1. The predicted molar refractivity (Wildman–Crippen MR) is 132 cm³/mol. The second-order valence-corrected chi connectivity index (χ2v) is 8.56. The molecule has 7 heteroatoms. The molecule has 1 unspecified atom stereocenters. The Kier molecular flexibility index (Phi) is 7.15. The number of unbranched alkanes of at least 4 members (excludes halogenated alkanes) is 1. The van der Waals surface area contributed by atoms with Crippen LogP contribution < -0.4 is 4.74 Å². The summed E-state index contributed by atoms with van der Waals surface area (Å²) in [6, 6.07) is 14.3. The number of rotatable bonds is 8. The predicted octanol–water partition coefficient (Wildman–Crippen LogP) is 4.90. The van der Waals surface area contributed by atoms with E-state index in [0.29, 0.717) is 23.5 Å². The van der Waals surface area contributed by atoms with Gasteiger partial charge in [0, 0.05) is 24.5 Å². The average molecular weight is 473 g/mol. The molecule has 180 valence electrons. The maximum Gasteiger partial charge on any atom is 0.295 e. The maximum atomic E-state index is 13.2. The van der Waals surface area contributed by atoms with Crippen LogP contribution in [0.2, 0.25) is 0 Å². The van der Waals surface area contributed by atoms with Crippen LogP contribution in [0.5, 0.6) is 11.5 Å². The first-order valence-corrected chi connectivity index (χ1v) is 11.6. The standard InChI is InChI=1S/C28H28N2O5/c1-3-4-14-35-22-11-12-23(18(2)15-22)26(32)24-25(20-7-9-21(31)10-8-20)30(28(34)27(24)33)17-19-6-5-13-29-16-19/h5-13,15-16,25,31-32H,3-4,14,17H2,1-2H3/b26-24+. The number of likely N-dealkylation sites (tertiary alicyclic amines) is 1. The van der Waals surface area contributed by atoms with Crippen LogP contribution in [0.25, 0.3) is 5.76 Å². The number of carbonyl (C=O) groups is 2. The molecule has 1 aliphatic heterocycles. The molecule has 2 heterocycles. The quantitative estimate of drug-likeness (QED) is 0.209. The molecule has 0 saturated carbocycles. The summed E-state index contributed by atoms with van der Waals surface area (Å²) >= 11 is 0. The molecule has 3 aromatic rings. The van der Waals surface area contributed by atoms with Crippen molar-refractivity contribution < 1.29 is 24.5 Å². The Balaban J connectivity index is 1.78. The van der Waals surface area contributed by atoms with Crippen LogP contribution >= 0.6 is 0 Å². The number of aromatic hydroxyl groups is 1. The average Bonchev–Trinajstić information content (AvgIpc) is 3.10. The number of aliphatic hydroxyl groups excluding tert-OH is 1. The van der Waals surface area contributed by atoms with Crippen LogP contribution in [0.4, 0.5) is 0 Å². The summed E-state index contributed by atoms with van der Waals surface area (Å²) in [5, 5.41) is 21.1. The number of aryl methyl sites for hydroxylation is 1. The van der Waals surface area contributed by atoms with E-state index in [4.69, 9.17) is 4.74 Å². The summed E-state index contributed by atoms with van der Waals surface area (Å²) in [5.74, 6) is -0.961. The van der Waals surface area contributed by atoms with Crippen molar-refractivity contribution in [2.45, 2.75) is 39.3 Å². The van der Waals surface area contributed by atoms with Gasteiger partial charge in [0.1, 0.15) is 17.3 Å². The Bertz CT molecular complexity index is 1250. The summed E-state index contributed by atoms with van der Waals surface area (Å²) in [6.45, 7) is 4.65. The lowest BCUT2D eigenvalue weighted by Crippen LogP contribution is -2.29. The van der Waals surface area contributed by atoms with Crippen LogP contribution in [-0.4, -0.2) is 38.4 Å². The Hall–Kier alpha value is -4.13. The highest BCUT2D eigenvalue weighted by Crippen LogP contribution is 2.41. The zero-order valence-corrected chi connectivity index (χ0v) is 19.8. The number of hydrogen-bond donors (Lipinski definition) is 2. The minimum atomic E-state index is -0.823. The number of carbonyl (C=O) groups excluding carboxylic acids is 2. The number of nitrogens with zero attached hydrogens (tertiary/aromatic N) is 2. The number of ketones is 1. The molecular weight excluding hydrogens is 444 g/mol. The Morgan fingerprint density at radius 3 is 2.54 bits per heavy atom. The van der Waals surface area contributed by atoms with Gasteiger partial charge in [0.25, 0.3) is 11.7 Å². The lowest BCUT2D eigenvalue weighted by Gasteiger charge is -2.25. The van der Waals surface area contributed by atoms with Gasteiger partial charge in [0.15, 0.2) is 0 Å². The highest BCUT2D eigenvalue weighted by molar-refractivity contribution is 6.46. The molecule has 7 nitrogen and oxygen atoms in total. The summed E-state index contributed by atoms with van der Waals surface area (Å²) in [7, 11) is 0. The van der Waals surface area contributed by atoms with E-state index >= 15 is 0 Å². The van der Waals surface area contributed by atoms with Gasteiger partial charge in [-0.05, 0) is 66.4 Å². The molecule has 1 saturated heterocycles. The Morgan fingerprint density at radius 1 is 1.11 bits per heavy atom. The number of pyridine rings is 1. The van der Waals surface area contributed by atoms with Gasteiger partial charge in [-0.2, -0.15) is 0 Å². The van der Waals surface area contributed by atoms with E-state index in [-0.39, 0.29) is 23.6 Å². The molecule has 1 amide bonds. The fourth-order valence-electron chi connectivity index (χ4n) is 4.21. The van der Waals surface area contributed by atoms with Crippen molar-refractivity contribution in [3.05, 3.63) is 94.8 Å². The van der Waals surface area contributed by atoms with Crippen LogP contribution in [0.15, 0.2) is 72.6 Å². The fraction of sp³-hybridized carbons (Fsp3) is 0.250. The van der Waals surface area contributed by atoms with Gasteiger partial charge < -0.3 is 19.8 Å². The van der Waals surface area contributed by atoms with Crippen LogP contribution in [0.1, 0.15) is 48.1 Å². The lowest BCUT2D eigenvalue weighted by molar-refractivity contribution is -0.140. The Labute approximate surface area is 204 Å². The van der Waals surface area contributed by atoms with Crippen molar-refractivity contribution in [1.29, 1.82) is 0 Å². The number of amides is 1. The van der Waals surface area contributed by atoms with Gasteiger partial charge in [-0.15, -0.1) is 0 Å². The third-order valence-electron chi connectivity index (χ3n) is 6.04. The van der Waals surface area contributed by atoms with E-state index in [0.717, 1.165) is 24.0 Å². The third kappa shape index (κ3) is 5.04. The highest BCUT2D eigenvalue weighted by Gasteiger charge is 2.46. The summed E-state index contributed by atoms with van der Waals surface area (Å²) < 4.78 is 5.75. The number of ether oxygens (including phenoxy) is 1. The number of Topliss-reactive ketones (excluding diaryl/α,β-unsaturated/α-hetero) is 1.